The van der Waals surface area contributed by atoms with E-state index < -0.39 is 5.60 Å². The molecule has 22 heavy (non-hydrogen) atoms. The van der Waals surface area contributed by atoms with Crippen molar-refractivity contribution in [3.63, 3.8) is 0 Å². The molecule has 1 aliphatic carbocycles. The van der Waals surface area contributed by atoms with Crippen LogP contribution in [-0.4, -0.2) is 35.2 Å². The van der Waals surface area contributed by atoms with Gasteiger partial charge in [0.1, 0.15) is 10.6 Å². The fourth-order valence-electron chi connectivity index (χ4n) is 3.58. The molecule has 6 heteroatoms. The van der Waals surface area contributed by atoms with Crippen LogP contribution in [0.25, 0.3) is 0 Å². The lowest BCUT2D eigenvalue weighted by atomic mass is 9.92. The average molecular weight is 323 g/mol. The molecular formula is C16H25N3O2S. The lowest BCUT2D eigenvalue weighted by Crippen LogP contribution is -2.53. The predicted molar refractivity (Wildman–Crippen MR) is 88.4 cm³/mol. The molecule has 1 amide bonds. The number of hydrogen-bond donors (Lipinski definition) is 1. The predicted octanol–water partition coefficient (Wildman–Crippen LogP) is 3.19. The van der Waals surface area contributed by atoms with Crippen molar-refractivity contribution in [3.8, 4) is 0 Å². The fourth-order valence-corrected chi connectivity index (χ4v) is 4.36. The van der Waals surface area contributed by atoms with E-state index >= 15 is 0 Å². The lowest BCUT2D eigenvalue weighted by Gasteiger charge is -2.38. The number of aryl methyl sites for hydroxylation is 1. The molecule has 2 bridgehead atoms. The maximum Gasteiger partial charge on any atom is 0.407 e. The number of nitrogens with zero attached hydrogens (tertiary/aromatic N) is 2. The Bertz CT molecular complexity index is 538. The van der Waals surface area contributed by atoms with Gasteiger partial charge in [0, 0.05) is 19.1 Å². The van der Waals surface area contributed by atoms with E-state index in [1.54, 1.807) is 11.5 Å². The molecule has 1 aromatic heterocycles. The molecule has 1 aromatic rings. The zero-order chi connectivity index (χ0) is 15.9. The van der Waals surface area contributed by atoms with Gasteiger partial charge in [0.2, 0.25) is 0 Å². The van der Waals surface area contributed by atoms with Crippen molar-refractivity contribution in [2.45, 2.75) is 52.2 Å². The smallest absolute Gasteiger partial charge is 0.407 e. The van der Waals surface area contributed by atoms with Crippen LogP contribution < -0.4 is 10.2 Å². The van der Waals surface area contributed by atoms with Crippen molar-refractivity contribution >= 4 is 22.6 Å². The molecule has 2 fully saturated rings. The van der Waals surface area contributed by atoms with Crippen LogP contribution >= 0.6 is 11.5 Å². The third-order valence-corrected chi connectivity index (χ3v) is 5.39. The van der Waals surface area contributed by atoms with E-state index in [4.69, 9.17) is 4.74 Å². The number of anilines is 1. The largest absolute Gasteiger partial charge is 0.444 e. The van der Waals surface area contributed by atoms with E-state index in [9.17, 15) is 4.79 Å². The summed E-state index contributed by atoms with van der Waals surface area (Å²) in [6.07, 6.45) is 2.08. The van der Waals surface area contributed by atoms with Crippen LogP contribution in [0.5, 0.6) is 0 Å². The molecule has 2 heterocycles. The SMILES string of the molecule is Cc1cc(N2CC3CC[C@@H](C2)C3NC(=O)OC(C)(C)C)sn1. The number of amides is 1. The second kappa shape index (κ2) is 5.72. The van der Waals surface area contributed by atoms with Gasteiger partial charge in [-0.2, -0.15) is 4.37 Å². The molecular weight excluding hydrogens is 298 g/mol. The van der Waals surface area contributed by atoms with Crippen LogP contribution in [0.1, 0.15) is 39.3 Å². The number of nitrogens with one attached hydrogen (secondary N) is 1. The van der Waals surface area contributed by atoms with Gasteiger partial charge in [-0.25, -0.2) is 4.79 Å². The maximum absolute atomic E-state index is 12.0. The summed E-state index contributed by atoms with van der Waals surface area (Å²) in [6, 6.07) is 2.41. The van der Waals surface area contributed by atoms with E-state index in [-0.39, 0.29) is 12.1 Å². The van der Waals surface area contributed by atoms with Crippen molar-refractivity contribution < 1.29 is 9.53 Å². The summed E-state index contributed by atoms with van der Waals surface area (Å²) in [5, 5.41) is 4.37. The number of alkyl carbamates (subject to hydrolysis) is 1. The standard InChI is InChI=1S/C16H25N3O2S/c1-10-7-13(22-18-10)19-8-11-5-6-12(9-19)14(11)17-15(20)21-16(2,3)4/h7,11-12,14H,5-6,8-9H2,1-4H3,(H,17,20)/t11-,12?,14?/m0/s1. The van der Waals surface area contributed by atoms with Crippen molar-refractivity contribution in [1.82, 2.24) is 9.69 Å². The van der Waals surface area contributed by atoms with Crippen LogP contribution in [0.3, 0.4) is 0 Å². The summed E-state index contributed by atoms with van der Waals surface area (Å²) in [5.74, 6) is 1.02. The highest BCUT2D eigenvalue weighted by atomic mass is 32.1. The van der Waals surface area contributed by atoms with Crippen LogP contribution in [0.4, 0.5) is 9.80 Å². The van der Waals surface area contributed by atoms with Crippen molar-refractivity contribution in [1.29, 1.82) is 0 Å². The topological polar surface area (TPSA) is 54.5 Å². The minimum Gasteiger partial charge on any atom is -0.444 e. The van der Waals surface area contributed by atoms with Gasteiger partial charge < -0.3 is 15.0 Å². The highest BCUT2D eigenvalue weighted by Gasteiger charge is 2.43. The van der Waals surface area contributed by atoms with Crippen LogP contribution in [0.15, 0.2) is 6.07 Å². The number of aromatic nitrogens is 1. The third-order valence-electron chi connectivity index (χ3n) is 4.44. The lowest BCUT2D eigenvalue weighted by molar-refractivity contribution is 0.0473. The molecule has 1 saturated carbocycles. The molecule has 5 nitrogen and oxygen atoms in total. The van der Waals surface area contributed by atoms with Crippen LogP contribution in [0.2, 0.25) is 0 Å². The molecule has 0 spiro atoms. The first-order valence-corrected chi connectivity index (χ1v) is 8.77. The molecule has 0 aromatic carbocycles. The molecule has 3 atom stereocenters. The Morgan fingerprint density at radius 3 is 2.50 bits per heavy atom. The van der Waals surface area contributed by atoms with E-state index in [1.807, 2.05) is 27.7 Å². The molecule has 1 aliphatic heterocycles. The van der Waals surface area contributed by atoms with Crippen molar-refractivity contribution in [3.05, 3.63) is 11.8 Å². The monoisotopic (exact) mass is 323 g/mol. The second-order valence-electron chi connectivity index (χ2n) is 7.48. The molecule has 1 N–H and O–H groups in total. The van der Waals surface area contributed by atoms with Gasteiger partial charge in [-0.15, -0.1) is 0 Å². The Kier molecular flexibility index (Phi) is 4.05. The maximum atomic E-state index is 12.0. The molecule has 0 radical (unpaired) electrons. The zero-order valence-corrected chi connectivity index (χ0v) is 14.6. The Labute approximate surface area is 136 Å². The van der Waals surface area contributed by atoms with E-state index in [2.05, 4.69) is 20.7 Å². The van der Waals surface area contributed by atoms with Gasteiger partial charge >= 0.3 is 6.09 Å². The zero-order valence-electron chi connectivity index (χ0n) is 13.8. The minimum atomic E-state index is -0.440. The van der Waals surface area contributed by atoms with Crippen LogP contribution in [-0.2, 0) is 4.74 Å². The first kappa shape index (κ1) is 15.6. The first-order valence-electron chi connectivity index (χ1n) is 7.99. The van der Waals surface area contributed by atoms with Gasteiger partial charge in [0.15, 0.2) is 0 Å². The quantitative estimate of drug-likeness (QED) is 0.908. The van der Waals surface area contributed by atoms with Crippen molar-refractivity contribution in [2.24, 2.45) is 11.8 Å². The molecule has 2 unspecified atom stereocenters. The summed E-state index contributed by atoms with van der Waals surface area (Å²) >= 11 is 1.57. The Hall–Kier alpha value is -1.30. The number of hydrogen-bond acceptors (Lipinski definition) is 5. The number of carbonyl (C=O) groups excluding carboxylic acids is 1. The summed E-state index contributed by atoms with van der Waals surface area (Å²) in [5.41, 5.74) is 0.644. The molecule has 3 rings (SSSR count). The van der Waals surface area contributed by atoms with Gasteiger partial charge in [0.05, 0.1) is 5.69 Å². The normalized spacial score (nSPS) is 27.8. The summed E-state index contributed by atoms with van der Waals surface area (Å²) in [6.45, 7) is 9.73. The highest BCUT2D eigenvalue weighted by molar-refractivity contribution is 7.10. The summed E-state index contributed by atoms with van der Waals surface area (Å²) in [7, 11) is 0. The number of rotatable bonds is 2. The third kappa shape index (κ3) is 3.37. The van der Waals surface area contributed by atoms with Gasteiger partial charge in [-0.05, 0) is 70.0 Å². The van der Waals surface area contributed by atoms with E-state index in [0.29, 0.717) is 11.8 Å². The summed E-state index contributed by atoms with van der Waals surface area (Å²) in [4.78, 5) is 14.5. The summed E-state index contributed by atoms with van der Waals surface area (Å²) < 4.78 is 9.79. The van der Waals surface area contributed by atoms with Gasteiger partial charge in [-0.3, -0.25) is 0 Å². The number of carbonyl (C=O) groups is 1. The van der Waals surface area contributed by atoms with Crippen LogP contribution in [0, 0.1) is 18.8 Å². The molecule has 122 valence electrons. The van der Waals surface area contributed by atoms with Gasteiger partial charge in [0.25, 0.3) is 0 Å². The Morgan fingerprint density at radius 2 is 2.00 bits per heavy atom. The molecule has 2 aliphatic rings. The minimum absolute atomic E-state index is 0.250. The van der Waals surface area contributed by atoms with E-state index in [1.165, 1.54) is 17.8 Å². The Morgan fingerprint density at radius 1 is 1.36 bits per heavy atom. The average Bonchev–Trinajstić information content (AvgIpc) is 2.89. The number of piperidine rings is 1. The number of fused-ring (bicyclic) bond motifs is 2. The molecule has 1 saturated heterocycles. The van der Waals surface area contributed by atoms with E-state index in [0.717, 1.165) is 18.8 Å². The number of ether oxygens (including phenoxy) is 1. The Balaban J connectivity index is 1.62. The first-order chi connectivity index (χ1) is 10.3. The second-order valence-corrected chi connectivity index (χ2v) is 8.26. The fraction of sp³-hybridized carbons (Fsp3) is 0.750. The van der Waals surface area contributed by atoms with Gasteiger partial charge in [-0.1, -0.05) is 0 Å². The van der Waals surface area contributed by atoms with Crippen molar-refractivity contribution in [2.75, 3.05) is 18.0 Å². The highest BCUT2D eigenvalue weighted by Crippen LogP contribution is 2.39.